The second-order valence-electron chi connectivity index (χ2n) is 2.42. The van der Waals surface area contributed by atoms with E-state index in [1.165, 1.54) is 4.68 Å². The standard InChI is InChI=1S/C5H5N8O/c14-2-1-5-8-11-12-13(5)3-4-6-9-10-7-4/h1,3H2,(H,6,7,9,10). The number of tetrazole rings is 2. The van der Waals surface area contributed by atoms with Gasteiger partial charge in [-0.05, 0) is 20.9 Å². The molecule has 9 nitrogen and oxygen atoms in total. The Hall–Kier alpha value is -2.19. The maximum atomic E-state index is 10.1. The highest BCUT2D eigenvalue weighted by Crippen LogP contribution is 1.95. The number of aromatic nitrogens is 8. The summed E-state index contributed by atoms with van der Waals surface area (Å²) >= 11 is 0. The summed E-state index contributed by atoms with van der Waals surface area (Å²) < 4.78 is 1.42. The lowest BCUT2D eigenvalue weighted by molar-refractivity contribution is 0.548. The quantitative estimate of drug-likeness (QED) is 0.590. The Morgan fingerprint density at radius 2 is 2.29 bits per heavy atom. The van der Waals surface area contributed by atoms with E-state index in [2.05, 4.69) is 36.1 Å². The summed E-state index contributed by atoms with van der Waals surface area (Å²) in [5, 5.41) is 23.8. The molecule has 2 aromatic heterocycles. The number of nitrogens with one attached hydrogen (secondary N) is 1. The van der Waals surface area contributed by atoms with Crippen LogP contribution in [0.25, 0.3) is 0 Å². The van der Waals surface area contributed by atoms with Crippen LogP contribution in [0.2, 0.25) is 0 Å². The lowest BCUT2D eigenvalue weighted by atomic mass is 10.4. The molecule has 0 aromatic carbocycles. The zero-order valence-electron chi connectivity index (χ0n) is 6.95. The molecular formula is C5H5N8O. The van der Waals surface area contributed by atoms with Crippen molar-refractivity contribution in [3.63, 3.8) is 0 Å². The normalized spacial score (nSPS) is 10.3. The van der Waals surface area contributed by atoms with Crippen LogP contribution in [0.15, 0.2) is 0 Å². The van der Waals surface area contributed by atoms with Crippen LogP contribution in [0.1, 0.15) is 11.6 Å². The molecule has 2 rings (SSSR count). The highest BCUT2D eigenvalue weighted by atomic mass is 16.1. The van der Waals surface area contributed by atoms with E-state index in [0.29, 0.717) is 18.2 Å². The van der Waals surface area contributed by atoms with E-state index in [1.807, 2.05) is 0 Å². The van der Waals surface area contributed by atoms with Crippen molar-refractivity contribution >= 4 is 6.29 Å². The third kappa shape index (κ3) is 1.60. The molecule has 0 bridgehead atoms. The molecule has 1 radical (unpaired) electrons. The van der Waals surface area contributed by atoms with Crippen LogP contribution in [-0.2, 0) is 17.8 Å². The Morgan fingerprint density at radius 3 is 3.00 bits per heavy atom. The molecule has 0 aliphatic carbocycles. The van der Waals surface area contributed by atoms with Crippen molar-refractivity contribution < 1.29 is 4.79 Å². The number of hydrogen-bond acceptors (Lipinski definition) is 7. The molecule has 2 aromatic rings. The zero-order valence-corrected chi connectivity index (χ0v) is 6.95. The van der Waals surface area contributed by atoms with Crippen molar-refractivity contribution in [1.29, 1.82) is 0 Å². The fourth-order valence-electron chi connectivity index (χ4n) is 0.925. The predicted octanol–water partition coefficient (Wildman–Crippen LogP) is -2.11. The first kappa shape index (κ1) is 8.41. The summed E-state index contributed by atoms with van der Waals surface area (Å²) in [5.74, 6) is 0.945. The molecule has 0 spiro atoms. The van der Waals surface area contributed by atoms with Gasteiger partial charge in [-0.15, -0.1) is 10.2 Å². The van der Waals surface area contributed by atoms with Crippen LogP contribution in [0.5, 0.6) is 0 Å². The monoisotopic (exact) mass is 193 g/mol. The molecule has 71 valence electrons. The van der Waals surface area contributed by atoms with Gasteiger partial charge in [0, 0.05) is 0 Å². The fourth-order valence-corrected chi connectivity index (χ4v) is 0.925. The largest absolute Gasteiger partial charge is 0.290 e. The molecule has 9 heteroatoms. The molecule has 0 fully saturated rings. The van der Waals surface area contributed by atoms with E-state index in [9.17, 15) is 4.79 Å². The molecule has 0 aliphatic rings. The van der Waals surface area contributed by atoms with E-state index in [4.69, 9.17) is 0 Å². The van der Waals surface area contributed by atoms with Crippen LogP contribution < -0.4 is 0 Å². The van der Waals surface area contributed by atoms with Gasteiger partial charge in [-0.3, -0.25) is 4.79 Å². The summed E-state index contributed by atoms with van der Waals surface area (Å²) in [4.78, 5) is 10.1. The Labute approximate surface area is 77.5 Å². The van der Waals surface area contributed by atoms with Gasteiger partial charge in [0.05, 0.1) is 6.42 Å². The third-order valence-corrected chi connectivity index (χ3v) is 1.53. The molecule has 2 heterocycles. The van der Waals surface area contributed by atoms with Gasteiger partial charge < -0.3 is 0 Å². The minimum atomic E-state index is 0.0502. The molecule has 0 amide bonds. The first-order chi connectivity index (χ1) is 6.90. The van der Waals surface area contributed by atoms with Crippen molar-refractivity contribution in [1.82, 2.24) is 40.8 Å². The van der Waals surface area contributed by atoms with E-state index in [0.717, 1.165) is 0 Å². The van der Waals surface area contributed by atoms with Crippen LogP contribution >= 0.6 is 0 Å². The smallest absolute Gasteiger partial charge is 0.206 e. The first-order valence-corrected chi connectivity index (χ1v) is 3.73. The van der Waals surface area contributed by atoms with Crippen LogP contribution in [-0.4, -0.2) is 47.1 Å². The predicted molar refractivity (Wildman–Crippen MR) is 40.5 cm³/mol. The summed E-state index contributed by atoms with van der Waals surface area (Å²) in [6.45, 7) is 0.303. The van der Waals surface area contributed by atoms with E-state index < -0.39 is 0 Å². The van der Waals surface area contributed by atoms with E-state index in [-0.39, 0.29) is 6.42 Å². The highest BCUT2D eigenvalue weighted by molar-refractivity contribution is 5.53. The fraction of sp³-hybridized carbons (Fsp3) is 0.400. The number of H-pyrrole nitrogens is 1. The highest BCUT2D eigenvalue weighted by Gasteiger charge is 2.07. The van der Waals surface area contributed by atoms with Gasteiger partial charge in [0.1, 0.15) is 6.54 Å². The van der Waals surface area contributed by atoms with Gasteiger partial charge in [0.2, 0.25) is 6.29 Å². The van der Waals surface area contributed by atoms with E-state index >= 15 is 0 Å². The summed E-state index contributed by atoms with van der Waals surface area (Å²) in [6, 6.07) is 0. The third-order valence-electron chi connectivity index (χ3n) is 1.53. The first-order valence-electron chi connectivity index (χ1n) is 3.73. The van der Waals surface area contributed by atoms with Crippen molar-refractivity contribution in [2.24, 2.45) is 0 Å². The molecule has 0 saturated heterocycles. The Kier molecular flexibility index (Phi) is 2.21. The lowest BCUT2D eigenvalue weighted by Crippen LogP contribution is -2.08. The topological polar surface area (TPSA) is 115 Å². The number of carbonyl (C=O) groups excluding carboxylic acids is 1. The van der Waals surface area contributed by atoms with Crippen molar-refractivity contribution in [2.75, 3.05) is 0 Å². The Morgan fingerprint density at radius 1 is 1.36 bits per heavy atom. The summed E-state index contributed by atoms with van der Waals surface area (Å²) in [7, 11) is 0. The SMILES string of the molecule is O=[C]Cc1nnnn1Cc1nnn[nH]1. The number of aromatic amines is 1. The van der Waals surface area contributed by atoms with Crippen LogP contribution in [0.4, 0.5) is 0 Å². The van der Waals surface area contributed by atoms with Crippen molar-refractivity contribution in [3.8, 4) is 0 Å². The minimum absolute atomic E-state index is 0.0502. The van der Waals surface area contributed by atoms with Crippen molar-refractivity contribution in [2.45, 2.75) is 13.0 Å². The Bertz CT molecular complexity index is 405. The molecule has 1 N–H and O–H groups in total. The number of rotatable bonds is 4. The minimum Gasteiger partial charge on any atom is -0.290 e. The van der Waals surface area contributed by atoms with Crippen LogP contribution in [0.3, 0.4) is 0 Å². The lowest BCUT2D eigenvalue weighted by Gasteiger charge is -1.96. The molecule has 0 aliphatic heterocycles. The second kappa shape index (κ2) is 3.68. The van der Waals surface area contributed by atoms with Gasteiger partial charge in [-0.2, -0.15) is 0 Å². The summed E-state index contributed by atoms with van der Waals surface area (Å²) in [6.07, 6.45) is 1.77. The van der Waals surface area contributed by atoms with Gasteiger partial charge in [0.15, 0.2) is 11.6 Å². The molecule has 0 atom stereocenters. The maximum absolute atomic E-state index is 10.1. The molecule has 0 saturated carbocycles. The molecular weight excluding hydrogens is 188 g/mol. The van der Waals surface area contributed by atoms with Gasteiger partial charge in [-0.25, -0.2) is 9.78 Å². The zero-order chi connectivity index (χ0) is 9.80. The van der Waals surface area contributed by atoms with Crippen LogP contribution in [0, 0.1) is 0 Å². The van der Waals surface area contributed by atoms with Gasteiger partial charge >= 0.3 is 0 Å². The second-order valence-corrected chi connectivity index (χ2v) is 2.42. The van der Waals surface area contributed by atoms with E-state index in [1.54, 1.807) is 6.29 Å². The maximum Gasteiger partial charge on any atom is 0.206 e. The van der Waals surface area contributed by atoms with Crippen molar-refractivity contribution in [3.05, 3.63) is 11.6 Å². The molecule has 14 heavy (non-hydrogen) atoms. The van der Waals surface area contributed by atoms with Gasteiger partial charge in [0.25, 0.3) is 0 Å². The Balaban J connectivity index is 2.16. The molecule has 0 unspecified atom stereocenters. The average Bonchev–Trinajstić information content (AvgIpc) is 2.80. The summed E-state index contributed by atoms with van der Waals surface area (Å²) in [5.41, 5.74) is 0. The average molecular weight is 193 g/mol. The van der Waals surface area contributed by atoms with Gasteiger partial charge in [-0.1, -0.05) is 0 Å². The number of hydrogen-bond donors (Lipinski definition) is 1. The number of nitrogens with zero attached hydrogens (tertiary/aromatic N) is 7.